The smallest absolute Gasteiger partial charge is 0.228 e. The average molecular weight is 361 g/mol. The van der Waals surface area contributed by atoms with Gasteiger partial charge in [0.2, 0.25) is 11.8 Å². The predicted octanol–water partition coefficient (Wildman–Crippen LogP) is 4.31. The molecule has 0 radical (unpaired) electrons. The fourth-order valence-corrected chi connectivity index (χ4v) is 3.23. The molecule has 6 heteroatoms. The molecule has 0 saturated heterocycles. The molecule has 1 aliphatic carbocycles. The fraction of sp³-hybridized carbons (Fsp3) is 0.263. The highest BCUT2D eigenvalue weighted by molar-refractivity contribution is 6.34. The van der Waals surface area contributed by atoms with Crippen molar-refractivity contribution >= 4 is 34.8 Å². The van der Waals surface area contributed by atoms with Gasteiger partial charge in [0.1, 0.15) is 5.82 Å². The number of hydrogen-bond acceptors (Lipinski definition) is 2. The van der Waals surface area contributed by atoms with E-state index in [9.17, 15) is 14.0 Å². The Balaban J connectivity index is 1.61. The molecule has 2 amide bonds. The second-order valence-corrected chi connectivity index (χ2v) is 6.78. The molecule has 2 aromatic rings. The van der Waals surface area contributed by atoms with Gasteiger partial charge in [-0.1, -0.05) is 23.7 Å². The summed E-state index contributed by atoms with van der Waals surface area (Å²) in [7, 11) is 0. The van der Waals surface area contributed by atoms with Crippen LogP contribution in [0.5, 0.6) is 0 Å². The molecule has 0 bridgehead atoms. The number of rotatable bonds is 4. The fourth-order valence-electron chi connectivity index (χ4n) is 2.87. The zero-order valence-corrected chi connectivity index (χ0v) is 14.7. The first-order chi connectivity index (χ1) is 11.8. The van der Waals surface area contributed by atoms with Crippen molar-refractivity contribution in [3.8, 4) is 0 Å². The van der Waals surface area contributed by atoms with Gasteiger partial charge in [0.05, 0.1) is 22.5 Å². The number of benzene rings is 2. The highest BCUT2D eigenvalue weighted by Crippen LogP contribution is 2.41. The van der Waals surface area contributed by atoms with Crippen LogP contribution in [0.4, 0.5) is 15.8 Å². The van der Waals surface area contributed by atoms with Crippen molar-refractivity contribution in [3.63, 3.8) is 0 Å². The molecule has 1 saturated carbocycles. The van der Waals surface area contributed by atoms with Crippen molar-refractivity contribution < 1.29 is 14.0 Å². The maximum Gasteiger partial charge on any atom is 0.228 e. The molecule has 2 N–H and O–H groups in total. The van der Waals surface area contributed by atoms with Crippen LogP contribution in [0.2, 0.25) is 5.02 Å². The summed E-state index contributed by atoms with van der Waals surface area (Å²) in [6, 6.07) is 9.38. The first kappa shape index (κ1) is 17.4. The van der Waals surface area contributed by atoms with Crippen molar-refractivity contribution in [2.45, 2.75) is 20.3 Å². The molecule has 2 unspecified atom stereocenters. The first-order valence-corrected chi connectivity index (χ1v) is 8.37. The van der Waals surface area contributed by atoms with Gasteiger partial charge in [0.15, 0.2) is 0 Å². The molecule has 25 heavy (non-hydrogen) atoms. The van der Waals surface area contributed by atoms with Gasteiger partial charge in [-0.25, -0.2) is 4.39 Å². The van der Waals surface area contributed by atoms with Crippen LogP contribution in [0.15, 0.2) is 36.4 Å². The topological polar surface area (TPSA) is 58.2 Å². The Morgan fingerprint density at radius 1 is 1.08 bits per heavy atom. The minimum Gasteiger partial charge on any atom is -0.326 e. The lowest BCUT2D eigenvalue weighted by Crippen LogP contribution is -2.21. The summed E-state index contributed by atoms with van der Waals surface area (Å²) in [5.41, 5.74) is 2.85. The average Bonchev–Trinajstić information content (AvgIpc) is 3.31. The number of hydrogen-bond donors (Lipinski definition) is 2. The maximum atomic E-state index is 13.2. The number of carbonyl (C=O) groups excluding carboxylic acids is 2. The number of nitrogens with one attached hydrogen (secondary N) is 2. The second-order valence-electron chi connectivity index (χ2n) is 6.38. The van der Waals surface area contributed by atoms with Crippen molar-refractivity contribution in [2.75, 3.05) is 10.6 Å². The van der Waals surface area contributed by atoms with E-state index in [-0.39, 0.29) is 11.8 Å². The summed E-state index contributed by atoms with van der Waals surface area (Å²) in [6.45, 7) is 3.80. The van der Waals surface area contributed by atoms with Crippen molar-refractivity contribution in [1.29, 1.82) is 0 Å². The van der Waals surface area contributed by atoms with E-state index in [2.05, 4.69) is 10.6 Å². The van der Waals surface area contributed by atoms with E-state index in [1.54, 1.807) is 12.1 Å². The van der Waals surface area contributed by atoms with Crippen molar-refractivity contribution in [3.05, 3.63) is 58.4 Å². The van der Waals surface area contributed by atoms with Gasteiger partial charge < -0.3 is 10.6 Å². The Kier molecular flexibility index (Phi) is 4.77. The van der Waals surface area contributed by atoms with Gasteiger partial charge in [-0.2, -0.15) is 0 Å². The van der Waals surface area contributed by atoms with Gasteiger partial charge >= 0.3 is 0 Å². The summed E-state index contributed by atoms with van der Waals surface area (Å²) in [5.74, 6) is -1.74. The van der Waals surface area contributed by atoms with Crippen LogP contribution in [0.1, 0.15) is 17.5 Å². The van der Waals surface area contributed by atoms with Crippen molar-refractivity contribution in [1.82, 2.24) is 0 Å². The van der Waals surface area contributed by atoms with E-state index in [0.717, 1.165) is 11.1 Å². The molecule has 2 atom stereocenters. The van der Waals surface area contributed by atoms with Crippen LogP contribution in [-0.2, 0) is 9.59 Å². The zero-order valence-electron chi connectivity index (χ0n) is 13.9. The Labute approximate surface area is 150 Å². The van der Waals surface area contributed by atoms with E-state index in [1.165, 1.54) is 18.2 Å². The van der Waals surface area contributed by atoms with E-state index in [0.29, 0.717) is 22.8 Å². The van der Waals surface area contributed by atoms with Crippen LogP contribution in [0.25, 0.3) is 0 Å². The molecule has 4 nitrogen and oxygen atoms in total. The minimum atomic E-state index is -0.424. The minimum absolute atomic E-state index is 0.228. The lowest BCUT2D eigenvalue weighted by molar-refractivity contribution is -0.122. The maximum absolute atomic E-state index is 13.2. The summed E-state index contributed by atoms with van der Waals surface area (Å²) < 4.78 is 13.2. The lowest BCUT2D eigenvalue weighted by Gasteiger charge is -2.11. The quantitative estimate of drug-likeness (QED) is 0.853. The molecular formula is C19H18ClFN2O2. The first-order valence-electron chi connectivity index (χ1n) is 7.99. The van der Waals surface area contributed by atoms with Crippen LogP contribution in [0.3, 0.4) is 0 Å². The zero-order chi connectivity index (χ0) is 18.1. The second kappa shape index (κ2) is 6.84. The number of aryl methyl sites for hydroxylation is 2. The molecule has 2 aromatic carbocycles. The Hall–Kier alpha value is -2.40. The molecule has 0 aromatic heterocycles. The molecule has 1 fully saturated rings. The van der Waals surface area contributed by atoms with Crippen LogP contribution in [-0.4, -0.2) is 11.8 Å². The third kappa shape index (κ3) is 3.99. The Morgan fingerprint density at radius 3 is 2.40 bits per heavy atom. The third-order valence-corrected chi connectivity index (χ3v) is 4.53. The molecule has 3 rings (SSSR count). The molecular weight excluding hydrogens is 343 g/mol. The molecule has 0 spiro atoms. The molecule has 0 aliphatic heterocycles. The Morgan fingerprint density at radius 2 is 1.76 bits per heavy atom. The van der Waals surface area contributed by atoms with E-state index in [1.807, 2.05) is 19.9 Å². The molecule has 1 aliphatic rings. The molecule has 130 valence electrons. The SMILES string of the molecule is Cc1cc(C)c(NC(=O)C2CC2C(=O)Nc2cccc(F)c2)c(Cl)c1. The summed E-state index contributed by atoms with van der Waals surface area (Å²) in [5, 5.41) is 5.93. The number of anilines is 2. The van der Waals surface area contributed by atoms with Gasteiger partial charge in [-0.15, -0.1) is 0 Å². The van der Waals surface area contributed by atoms with Crippen LogP contribution < -0.4 is 10.6 Å². The van der Waals surface area contributed by atoms with Gasteiger partial charge in [0, 0.05) is 5.69 Å². The number of carbonyl (C=O) groups is 2. The molecule has 0 heterocycles. The monoisotopic (exact) mass is 360 g/mol. The Bertz CT molecular complexity index is 830. The standard InChI is InChI=1S/C19H18ClFN2O2/c1-10-6-11(2)17(16(20)7-10)23-19(25)15-9-14(15)18(24)22-13-5-3-4-12(21)8-13/h3-8,14-15H,9H2,1-2H3,(H,22,24)(H,23,25). The van der Waals surface area contributed by atoms with Crippen molar-refractivity contribution in [2.24, 2.45) is 11.8 Å². The highest BCUT2D eigenvalue weighted by atomic mass is 35.5. The lowest BCUT2D eigenvalue weighted by atomic mass is 10.1. The predicted molar refractivity (Wildman–Crippen MR) is 96.2 cm³/mol. The summed E-state index contributed by atoms with van der Waals surface area (Å²) in [6.07, 6.45) is 0.468. The summed E-state index contributed by atoms with van der Waals surface area (Å²) in [4.78, 5) is 24.6. The summed E-state index contributed by atoms with van der Waals surface area (Å²) >= 11 is 6.20. The largest absolute Gasteiger partial charge is 0.326 e. The number of halogens is 2. The van der Waals surface area contributed by atoms with E-state index in [4.69, 9.17) is 11.6 Å². The van der Waals surface area contributed by atoms with Gasteiger partial charge in [-0.05, 0) is 55.7 Å². The van der Waals surface area contributed by atoms with Crippen LogP contribution >= 0.6 is 11.6 Å². The third-order valence-electron chi connectivity index (χ3n) is 4.24. The van der Waals surface area contributed by atoms with E-state index >= 15 is 0 Å². The number of amides is 2. The van der Waals surface area contributed by atoms with Gasteiger partial charge in [0.25, 0.3) is 0 Å². The van der Waals surface area contributed by atoms with Gasteiger partial charge in [-0.3, -0.25) is 9.59 Å². The van der Waals surface area contributed by atoms with E-state index < -0.39 is 17.7 Å². The van der Waals surface area contributed by atoms with Crippen LogP contribution in [0, 0.1) is 31.5 Å². The highest BCUT2D eigenvalue weighted by Gasteiger charge is 2.48. The normalized spacial score (nSPS) is 18.6.